The quantitative estimate of drug-likeness (QED) is 0.359. The van der Waals surface area contributed by atoms with Crippen molar-refractivity contribution in [1.29, 1.82) is 0 Å². The number of carbonyl (C=O) groups excluding carboxylic acids is 1. The van der Waals surface area contributed by atoms with Crippen molar-refractivity contribution in [2.24, 2.45) is 11.0 Å². The van der Waals surface area contributed by atoms with Crippen LogP contribution >= 0.6 is 34.4 Å². The van der Waals surface area contributed by atoms with E-state index in [2.05, 4.69) is 73.1 Å². The molecule has 5 rings (SSSR count). The molecule has 32 heavy (non-hydrogen) atoms. The highest BCUT2D eigenvalue weighted by molar-refractivity contribution is 8.00. The van der Waals surface area contributed by atoms with Gasteiger partial charge in [0.1, 0.15) is 0 Å². The molecule has 1 saturated carbocycles. The molecule has 1 aliphatic carbocycles. The van der Waals surface area contributed by atoms with E-state index in [0.717, 1.165) is 29.9 Å². The summed E-state index contributed by atoms with van der Waals surface area (Å²) in [5.41, 5.74) is 4.95. The number of thioether (sulfide) groups is 1. The Kier molecular flexibility index (Phi) is 6.35. The molecule has 164 valence electrons. The molecule has 0 saturated heterocycles. The summed E-state index contributed by atoms with van der Waals surface area (Å²) in [6, 6.07) is 14.9. The zero-order valence-corrected chi connectivity index (χ0v) is 20.7. The molecule has 0 N–H and O–H groups in total. The van der Waals surface area contributed by atoms with Crippen molar-refractivity contribution in [3.05, 3.63) is 79.7 Å². The van der Waals surface area contributed by atoms with Gasteiger partial charge in [0, 0.05) is 20.6 Å². The maximum Gasteiger partial charge on any atom is 0.253 e. The summed E-state index contributed by atoms with van der Waals surface area (Å²) in [4.78, 5) is 17.1. The number of hydrazone groups is 1. The van der Waals surface area contributed by atoms with Crippen LogP contribution < -0.4 is 0 Å². The average molecular weight is 479 g/mol. The number of fused-ring (bicyclic) bond motifs is 1. The van der Waals surface area contributed by atoms with Gasteiger partial charge in [0.25, 0.3) is 5.91 Å². The molecule has 0 radical (unpaired) electrons. The van der Waals surface area contributed by atoms with Crippen LogP contribution in [0, 0.1) is 19.8 Å². The first kappa shape index (κ1) is 21.7. The van der Waals surface area contributed by atoms with Crippen LogP contribution in [-0.2, 0) is 4.79 Å². The van der Waals surface area contributed by atoms with Crippen molar-refractivity contribution in [3.8, 4) is 0 Å². The zero-order chi connectivity index (χ0) is 22.1. The lowest BCUT2D eigenvalue weighted by Crippen LogP contribution is -2.32. The number of hydrogen-bond donors (Lipinski definition) is 0. The lowest BCUT2D eigenvalue weighted by Gasteiger charge is -2.28. The van der Waals surface area contributed by atoms with Gasteiger partial charge < -0.3 is 0 Å². The second-order valence-electron chi connectivity index (χ2n) is 8.40. The Morgan fingerprint density at radius 2 is 2.00 bits per heavy atom. The summed E-state index contributed by atoms with van der Waals surface area (Å²) < 4.78 is 0. The first-order chi connectivity index (χ1) is 15.6. The summed E-state index contributed by atoms with van der Waals surface area (Å²) >= 11 is 5.09. The van der Waals surface area contributed by atoms with Crippen LogP contribution in [0.2, 0.25) is 0 Å². The molecule has 0 spiro atoms. The fraction of sp³-hybridized carbons (Fsp3) is 0.308. The first-order valence-electron chi connectivity index (χ1n) is 11.0. The maximum atomic E-state index is 13.4. The van der Waals surface area contributed by atoms with Crippen molar-refractivity contribution < 1.29 is 4.79 Å². The number of hydrogen-bond acceptors (Lipinski definition) is 5. The molecule has 3 aromatic rings. The van der Waals surface area contributed by atoms with Crippen LogP contribution in [0.4, 0.5) is 0 Å². The van der Waals surface area contributed by atoms with E-state index >= 15 is 0 Å². The molecule has 3 nitrogen and oxygen atoms in total. The molecular weight excluding hydrogens is 453 g/mol. The highest BCUT2D eigenvalue weighted by Gasteiger charge is 2.44. The molecule has 2 unspecified atom stereocenters. The van der Waals surface area contributed by atoms with Gasteiger partial charge in [-0.2, -0.15) is 5.10 Å². The summed E-state index contributed by atoms with van der Waals surface area (Å²) in [6.07, 6.45) is 5.53. The molecule has 1 aliphatic heterocycles. The Bertz CT molecular complexity index is 1160. The van der Waals surface area contributed by atoms with E-state index in [9.17, 15) is 4.79 Å². The van der Waals surface area contributed by atoms with E-state index < -0.39 is 0 Å². The van der Waals surface area contributed by atoms with Crippen molar-refractivity contribution in [1.82, 2.24) is 5.01 Å². The van der Waals surface area contributed by atoms with Crippen LogP contribution in [0.5, 0.6) is 0 Å². The van der Waals surface area contributed by atoms with Gasteiger partial charge in [-0.1, -0.05) is 18.2 Å². The van der Waals surface area contributed by atoms with Gasteiger partial charge in [-0.05, 0) is 90.9 Å². The van der Waals surface area contributed by atoms with Crippen molar-refractivity contribution in [2.75, 3.05) is 5.75 Å². The summed E-state index contributed by atoms with van der Waals surface area (Å²) in [6.45, 7) is 4.23. The highest BCUT2D eigenvalue weighted by atomic mass is 32.2. The Morgan fingerprint density at radius 3 is 2.75 bits per heavy atom. The van der Waals surface area contributed by atoms with Gasteiger partial charge in [0.15, 0.2) is 0 Å². The topological polar surface area (TPSA) is 32.7 Å². The summed E-state index contributed by atoms with van der Waals surface area (Å²) in [5, 5.41) is 11.0. The second-order valence-corrected chi connectivity index (χ2v) is 11.4. The fourth-order valence-corrected chi connectivity index (χ4v) is 6.91. The Balaban J connectivity index is 1.42. The minimum absolute atomic E-state index is 0.0184. The zero-order valence-electron chi connectivity index (χ0n) is 18.3. The van der Waals surface area contributed by atoms with Gasteiger partial charge in [-0.25, -0.2) is 5.01 Å². The largest absolute Gasteiger partial charge is 0.272 e. The second kappa shape index (κ2) is 9.38. The van der Waals surface area contributed by atoms with E-state index in [4.69, 9.17) is 5.10 Å². The third-order valence-corrected chi connectivity index (χ3v) is 9.03. The van der Waals surface area contributed by atoms with Crippen LogP contribution in [0.15, 0.2) is 68.8 Å². The van der Waals surface area contributed by atoms with Crippen molar-refractivity contribution in [2.45, 2.75) is 44.0 Å². The van der Waals surface area contributed by atoms with E-state index in [0.29, 0.717) is 5.75 Å². The highest BCUT2D eigenvalue weighted by Crippen LogP contribution is 2.46. The van der Waals surface area contributed by atoms with E-state index in [1.807, 2.05) is 0 Å². The molecule has 2 atom stereocenters. The van der Waals surface area contributed by atoms with Crippen LogP contribution in [0.3, 0.4) is 0 Å². The van der Waals surface area contributed by atoms with Gasteiger partial charge in [-0.3, -0.25) is 4.79 Å². The number of aryl methyl sites for hydroxylation is 2. The van der Waals surface area contributed by atoms with E-state index in [1.54, 1.807) is 39.4 Å². The average Bonchev–Trinajstić information content (AvgIpc) is 3.55. The molecule has 2 aromatic heterocycles. The van der Waals surface area contributed by atoms with Crippen LogP contribution in [-0.4, -0.2) is 22.4 Å². The number of thiophene rings is 2. The number of amides is 1. The minimum Gasteiger partial charge on any atom is -0.272 e. The fourth-order valence-electron chi connectivity index (χ4n) is 4.51. The van der Waals surface area contributed by atoms with Crippen LogP contribution in [0.1, 0.15) is 46.2 Å². The molecule has 1 amide bonds. The normalized spacial score (nSPS) is 21.6. The van der Waals surface area contributed by atoms with Crippen molar-refractivity contribution in [3.63, 3.8) is 0 Å². The monoisotopic (exact) mass is 478 g/mol. The smallest absolute Gasteiger partial charge is 0.253 e. The molecule has 6 heteroatoms. The lowest BCUT2D eigenvalue weighted by atomic mass is 9.79. The lowest BCUT2D eigenvalue weighted by molar-refractivity contribution is -0.130. The number of allylic oxidation sites excluding steroid dienone is 1. The molecule has 0 bridgehead atoms. The number of rotatable bonds is 5. The standard InChI is InChI=1S/C26H26N2OS3/c1-17-10-11-21(14-18(17)2)32-16-24(29)28-26(23-9-5-13-31-23)22-8-3-6-19(25(22)27-28)15-20-7-4-12-30-20/h4-5,7,9-15,22,26H,3,6,8,16H2,1-2H3. The Hall–Kier alpha value is -2.15. The van der Waals surface area contributed by atoms with Crippen molar-refractivity contribution >= 4 is 52.1 Å². The third kappa shape index (κ3) is 4.36. The molecule has 3 heterocycles. The number of nitrogens with zero attached hydrogens (tertiary/aromatic N) is 2. The maximum absolute atomic E-state index is 13.4. The van der Waals surface area contributed by atoms with E-state index in [1.165, 1.54) is 26.5 Å². The van der Waals surface area contributed by atoms with Gasteiger partial charge in [0.2, 0.25) is 0 Å². The number of carbonyl (C=O) groups is 1. The molecule has 1 aromatic carbocycles. The molecule has 2 aliphatic rings. The summed E-state index contributed by atoms with van der Waals surface area (Å²) in [5.74, 6) is 0.769. The van der Waals surface area contributed by atoms with Gasteiger partial charge in [-0.15, -0.1) is 34.4 Å². The van der Waals surface area contributed by atoms with Crippen LogP contribution in [0.25, 0.3) is 6.08 Å². The summed E-state index contributed by atoms with van der Waals surface area (Å²) in [7, 11) is 0. The van der Waals surface area contributed by atoms with E-state index in [-0.39, 0.29) is 17.9 Å². The first-order valence-corrected chi connectivity index (χ1v) is 13.7. The predicted octanol–water partition coefficient (Wildman–Crippen LogP) is 7.34. The molecule has 1 fully saturated rings. The predicted molar refractivity (Wildman–Crippen MR) is 138 cm³/mol. The van der Waals surface area contributed by atoms with Gasteiger partial charge in [0.05, 0.1) is 17.5 Å². The minimum atomic E-state index is 0.0184. The SMILES string of the molecule is Cc1ccc(SCC(=O)N2N=C3C(=Cc4cccs4)CCCC3C2c2cccs2)cc1C. The molecular formula is C26H26N2OS3. The number of benzene rings is 1. The third-order valence-electron chi connectivity index (χ3n) is 6.29. The van der Waals surface area contributed by atoms with Gasteiger partial charge >= 0.3 is 0 Å². The Morgan fingerprint density at radius 1 is 1.16 bits per heavy atom. The Labute approximate surface area is 201 Å².